The predicted octanol–water partition coefficient (Wildman–Crippen LogP) is 6.28. The molecule has 1 saturated heterocycles. The van der Waals surface area contributed by atoms with Crippen LogP contribution in [-0.4, -0.2) is 46.8 Å². The van der Waals surface area contributed by atoms with Crippen LogP contribution in [0.1, 0.15) is 65.0 Å². The zero-order chi connectivity index (χ0) is 30.3. The molecule has 1 fully saturated rings. The lowest BCUT2D eigenvalue weighted by Gasteiger charge is -2.43. The predicted molar refractivity (Wildman–Crippen MR) is 167 cm³/mol. The molecular formula is C36H40N2O5. The third-order valence-electron chi connectivity index (χ3n) is 8.34. The molecule has 0 aromatic heterocycles. The number of ether oxygens (including phenoxy) is 2. The van der Waals surface area contributed by atoms with E-state index in [1.807, 2.05) is 111 Å². The summed E-state index contributed by atoms with van der Waals surface area (Å²) in [5, 5.41) is 23.6. The lowest BCUT2D eigenvalue weighted by Crippen LogP contribution is -2.46. The van der Waals surface area contributed by atoms with Gasteiger partial charge in [0.1, 0.15) is 0 Å². The van der Waals surface area contributed by atoms with E-state index in [0.29, 0.717) is 17.8 Å². The van der Waals surface area contributed by atoms with Crippen LogP contribution in [0.5, 0.6) is 0 Å². The second-order valence-corrected chi connectivity index (χ2v) is 11.3. The van der Waals surface area contributed by atoms with E-state index >= 15 is 0 Å². The van der Waals surface area contributed by atoms with E-state index in [4.69, 9.17) is 9.47 Å². The largest absolute Gasteiger partial charge is 0.392 e. The van der Waals surface area contributed by atoms with Crippen LogP contribution in [0.25, 0.3) is 0 Å². The average Bonchev–Trinajstić information content (AvgIpc) is 3.06. The summed E-state index contributed by atoms with van der Waals surface area (Å²) in [6.07, 6.45) is -1.83. The number of nitrogens with zero attached hydrogens (tertiary/aromatic N) is 1. The van der Waals surface area contributed by atoms with Crippen molar-refractivity contribution in [3.8, 4) is 0 Å². The third-order valence-corrected chi connectivity index (χ3v) is 8.34. The Morgan fingerprint density at radius 1 is 0.884 bits per heavy atom. The Morgan fingerprint density at radius 3 is 2.23 bits per heavy atom. The normalized spacial score (nSPS) is 21.7. The number of aliphatic hydroxyl groups is 2. The summed E-state index contributed by atoms with van der Waals surface area (Å²) in [5.74, 6) is -0.204. The minimum atomic E-state index is -0.681. The number of amides is 1. The molecule has 1 aliphatic rings. The Balaban J connectivity index is 1.38. The minimum absolute atomic E-state index is 0.0132. The second-order valence-electron chi connectivity index (χ2n) is 11.3. The molecule has 7 nitrogen and oxygen atoms in total. The van der Waals surface area contributed by atoms with Gasteiger partial charge in [-0.05, 0) is 54.9 Å². The molecule has 0 saturated carbocycles. The molecule has 1 amide bonds. The number of benzene rings is 4. The number of anilines is 1. The van der Waals surface area contributed by atoms with E-state index < -0.39 is 12.4 Å². The number of hydrogen-bond acceptors (Lipinski definition) is 6. The van der Waals surface area contributed by atoms with Crippen LogP contribution in [0.2, 0.25) is 0 Å². The second kappa shape index (κ2) is 14.1. The van der Waals surface area contributed by atoms with Gasteiger partial charge in [-0.25, -0.2) is 0 Å². The number of carbonyl (C=O) groups is 1. The SMILES string of the molecule is CC1C(CN(C)C(C)C(O)c2ccccc2)OC(c2cccc(NC(=O)c3ccccc3)c2)OC1c1ccc(CO)cc1. The van der Waals surface area contributed by atoms with Crippen molar-refractivity contribution in [1.29, 1.82) is 0 Å². The Bertz CT molecular complexity index is 1460. The summed E-state index contributed by atoms with van der Waals surface area (Å²) in [4.78, 5) is 14.9. The van der Waals surface area contributed by atoms with Crippen LogP contribution >= 0.6 is 0 Å². The molecule has 4 aromatic rings. The maximum absolute atomic E-state index is 12.8. The van der Waals surface area contributed by atoms with Crippen molar-refractivity contribution in [2.45, 2.75) is 51.1 Å². The fourth-order valence-electron chi connectivity index (χ4n) is 5.50. The Labute approximate surface area is 253 Å². The molecule has 1 heterocycles. The van der Waals surface area contributed by atoms with Gasteiger partial charge >= 0.3 is 0 Å². The van der Waals surface area contributed by atoms with Crippen LogP contribution in [0, 0.1) is 5.92 Å². The molecule has 1 aliphatic heterocycles. The summed E-state index contributed by atoms with van der Waals surface area (Å²) >= 11 is 0. The van der Waals surface area contributed by atoms with Crippen LogP contribution in [0.15, 0.2) is 109 Å². The topological polar surface area (TPSA) is 91.3 Å². The standard InChI is InChI=1S/C36H40N2O5/c1-24-32(22-38(3)25(2)33(40)27-11-6-4-7-12-27)42-36(43-34(24)28-19-17-26(23-39)18-20-28)30-15-10-16-31(21-30)37-35(41)29-13-8-5-9-14-29/h4-21,24-25,32-34,36,39-40H,22-23H2,1-3H3,(H,37,41). The van der Waals surface area contributed by atoms with E-state index in [2.05, 4.69) is 17.1 Å². The van der Waals surface area contributed by atoms with E-state index in [9.17, 15) is 15.0 Å². The lowest BCUT2D eigenvalue weighted by atomic mass is 9.89. The van der Waals surface area contributed by atoms with Gasteiger partial charge in [0.05, 0.1) is 24.9 Å². The van der Waals surface area contributed by atoms with Gasteiger partial charge in [0.25, 0.3) is 5.91 Å². The Kier molecular flexibility index (Phi) is 10.0. The van der Waals surface area contributed by atoms with E-state index in [-0.39, 0.29) is 36.7 Å². The van der Waals surface area contributed by atoms with Gasteiger partial charge in [-0.15, -0.1) is 0 Å². The van der Waals surface area contributed by atoms with Gasteiger partial charge in [0, 0.05) is 35.3 Å². The molecule has 6 atom stereocenters. The number of likely N-dealkylation sites (N-methyl/N-ethyl adjacent to an activating group) is 1. The number of carbonyl (C=O) groups excluding carboxylic acids is 1. The van der Waals surface area contributed by atoms with Gasteiger partial charge in [0.2, 0.25) is 0 Å². The monoisotopic (exact) mass is 580 g/mol. The van der Waals surface area contributed by atoms with Crippen LogP contribution in [-0.2, 0) is 16.1 Å². The summed E-state index contributed by atoms with van der Waals surface area (Å²) in [5.41, 5.74) is 4.72. The van der Waals surface area contributed by atoms with Crippen molar-refractivity contribution in [3.63, 3.8) is 0 Å². The maximum Gasteiger partial charge on any atom is 0.255 e. The molecule has 43 heavy (non-hydrogen) atoms. The first-order valence-electron chi connectivity index (χ1n) is 14.7. The van der Waals surface area contributed by atoms with Crippen molar-refractivity contribution >= 4 is 11.6 Å². The Hall–Kier alpha value is -3.85. The highest BCUT2D eigenvalue weighted by Gasteiger charge is 2.39. The molecule has 0 bridgehead atoms. The van der Waals surface area contributed by atoms with Crippen molar-refractivity contribution in [2.75, 3.05) is 18.9 Å². The molecule has 224 valence electrons. The van der Waals surface area contributed by atoms with Crippen molar-refractivity contribution in [1.82, 2.24) is 4.90 Å². The molecule has 0 spiro atoms. The summed E-state index contributed by atoms with van der Waals surface area (Å²) in [6.45, 7) is 4.68. The van der Waals surface area contributed by atoms with Crippen molar-refractivity contribution in [3.05, 3.63) is 137 Å². The Morgan fingerprint density at radius 2 is 1.56 bits per heavy atom. The number of rotatable bonds is 10. The first kappa shape index (κ1) is 30.6. The zero-order valence-corrected chi connectivity index (χ0v) is 24.8. The van der Waals surface area contributed by atoms with Crippen LogP contribution in [0.4, 0.5) is 5.69 Å². The fourth-order valence-corrected chi connectivity index (χ4v) is 5.50. The molecular weight excluding hydrogens is 540 g/mol. The molecule has 6 unspecified atom stereocenters. The molecule has 0 radical (unpaired) electrons. The van der Waals surface area contributed by atoms with Gasteiger partial charge in [0.15, 0.2) is 6.29 Å². The highest BCUT2D eigenvalue weighted by atomic mass is 16.7. The van der Waals surface area contributed by atoms with Gasteiger partial charge in [-0.1, -0.05) is 91.9 Å². The molecule has 0 aliphatic carbocycles. The van der Waals surface area contributed by atoms with E-state index in [1.54, 1.807) is 12.1 Å². The quantitative estimate of drug-likeness (QED) is 0.205. The number of aliphatic hydroxyl groups excluding tert-OH is 2. The first-order valence-corrected chi connectivity index (χ1v) is 14.7. The fraction of sp³-hybridized carbons (Fsp3) is 0.306. The highest BCUT2D eigenvalue weighted by Crippen LogP contribution is 2.42. The number of hydrogen-bond donors (Lipinski definition) is 3. The average molecular weight is 581 g/mol. The van der Waals surface area contributed by atoms with Crippen LogP contribution in [0.3, 0.4) is 0 Å². The van der Waals surface area contributed by atoms with Gasteiger partial charge in [-0.3, -0.25) is 9.69 Å². The highest BCUT2D eigenvalue weighted by molar-refractivity contribution is 6.04. The van der Waals surface area contributed by atoms with Crippen molar-refractivity contribution in [2.24, 2.45) is 5.92 Å². The molecule has 4 aromatic carbocycles. The molecule has 7 heteroatoms. The van der Waals surface area contributed by atoms with Gasteiger partial charge < -0.3 is 25.0 Å². The van der Waals surface area contributed by atoms with Gasteiger partial charge in [-0.2, -0.15) is 0 Å². The van der Waals surface area contributed by atoms with E-state index in [1.165, 1.54) is 0 Å². The maximum atomic E-state index is 12.8. The summed E-state index contributed by atoms with van der Waals surface area (Å²) < 4.78 is 13.2. The smallest absolute Gasteiger partial charge is 0.255 e. The lowest BCUT2D eigenvalue weighted by molar-refractivity contribution is -0.276. The third kappa shape index (κ3) is 7.39. The van der Waals surface area contributed by atoms with E-state index in [0.717, 1.165) is 22.3 Å². The number of nitrogens with one attached hydrogen (secondary N) is 1. The van der Waals surface area contributed by atoms with Crippen molar-refractivity contribution < 1.29 is 24.5 Å². The van der Waals surface area contributed by atoms with Crippen LogP contribution < -0.4 is 5.32 Å². The molecule has 3 N–H and O–H groups in total. The summed E-state index contributed by atoms with van der Waals surface area (Å²) in [6, 6.07) is 34.0. The first-order chi connectivity index (χ1) is 20.8. The molecule has 5 rings (SSSR count). The zero-order valence-electron chi connectivity index (χ0n) is 24.8. The minimum Gasteiger partial charge on any atom is -0.392 e. The summed E-state index contributed by atoms with van der Waals surface area (Å²) in [7, 11) is 2.00.